The molecule has 0 saturated carbocycles. The first-order chi connectivity index (χ1) is 9.90. The Bertz CT molecular complexity index is 537. The number of nitrogens with zero attached hydrogens (tertiary/aromatic N) is 1. The molecule has 0 spiro atoms. The maximum absolute atomic E-state index is 4.29. The molecule has 3 rings (SSSR count). The number of unbranched alkanes of at least 4 members (excludes halogenated alkanes) is 2. The Morgan fingerprint density at radius 2 is 1.40 bits per heavy atom. The zero-order chi connectivity index (χ0) is 13.8. The van der Waals surface area contributed by atoms with Gasteiger partial charge in [0.05, 0.1) is 11.4 Å². The highest BCUT2D eigenvalue weighted by atomic mass is 32.2. The molecular weight excluding hydrogens is 282 g/mol. The molecule has 0 fully saturated rings. The Balaban J connectivity index is 1.87. The third kappa shape index (κ3) is 2.84. The van der Waals surface area contributed by atoms with Crippen LogP contribution in [0.3, 0.4) is 0 Å². The molecule has 0 atom stereocenters. The quantitative estimate of drug-likeness (QED) is 0.582. The molecule has 0 saturated heterocycles. The van der Waals surface area contributed by atoms with Crippen molar-refractivity contribution in [1.29, 1.82) is 0 Å². The molecule has 1 aliphatic heterocycles. The molecule has 0 radical (unpaired) electrons. The Morgan fingerprint density at radius 1 is 0.800 bits per heavy atom. The first kappa shape index (κ1) is 13.9. The van der Waals surface area contributed by atoms with Gasteiger partial charge in [0.1, 0.15) is 0 Å². The Labute approximate surface area is 130 Å². The maximum Gasteiger partial charge on any atom is 0.0552 e. The average Bonchev–Trinajstić information content (AvgIpc) is 2.50. The highest BCUT2D eigenvalue weighted by molar-refractivity contribution is 7.99. The molecule has 104 valence electrons. The minimum absolute atomic E-state index is 0.989. The largest absolute Gasteiger partial charge is 0.340 e. The van der Waals surface area contributed by atoms with Gasteiger partial charge in [-0.15, -0.1) is 0 Å². The van der Waals surface area contributed by atoms with Crippen LogP contribution in [0.25, 0.3) is 0 Å². The standard InChI is InChI=1S/C17H19NS2/c19-13-7-1-6-12-18-14-8-2-4-10-16(14)20-17-11-5-3-9-15(17)18/h2-5,8-11,19H,1,6-7,12-13H2. The molecule has 0 N–H and O–H groups in total. The number of para-hydroxylation sites is 2. The van der Waals surface area contributed by atoms with Gasteiger partial charge in [-0.3, -0.25) is 0 Å². The van der Waals surface area contributed by atoms with Gasteiger partial charge in [0.2, 0.25) is 0 Å². The van der Waals surface area contributed by atoms with E-state index in [-0.39, 0.29) is 0 Å². The zero-order valence-electron chi connectivity index (χ0n) is 11.5. The lowest BCUT2D eigenvalue weighted by Crippen LogP contribution is -2.21. The second kappa shape index (κ2) is 6.59. The number of benzene rings is 2. The van der Waals surface area contributed by atoms with Gasteiger partial charge in [0.25, 0.3) is 0 Å². The van der Waals surface area contributed by atoms with Gasteiger partial charge in [-0.05, 0) is 42.9 Å². The lowest BCUT2D eigenvalue weighted by Gasteiger charge is -2.32. The molecular formula is C17H19NS2. The first-order valence-corrected chi connectivity index (χ1v) is 8.59. The van der Waals surface area contributed by atoms with Crippen LogP contribution in [0.2, 0.25) is 0 Å². The van der Waals surface area contributed by atoms with Crippen LogP contribution in [-0.2, 0) is 0 Å². The van der Waals surface area contributed by atoms with Crippen LogP contribution in [-0.4, -0.2) is 12.3 Å². The summed E-state index contributed by atoms with van der Waals surface area (Å²) < 4.78 is 0. The Kier molecular flexibility index (Phi) is 4.58. The third-order valence-electron chi connectivity index (χ3n) is 3.57. The molecule has 0 aliphatic carbocycles. The number of thiol groups is 1. The van der Waals surface area contributed by atoms with Gasteiger partial charge in [-0.2, -0.15) is 12.6 Å². The number of hydrogen-bond acceptors (Lipinski definition) is 3. The Hall–Kier alpha value is -1.06. The molecule has 20 heavy (non-hydrogen) atoms. The summed E-state index contributed by atoms with van der Waals surface area (Å²) >= 11 is 6.17. The van der Waals surface area contributed by atoms with Crippen LogP contribution in [0.5, 0.6) is 0 Å². The summed E-state index contributed by atoms with van der Waals surface area (Å²) in [7, 11) is 0. The van der Waals surface area contributed by atoms with Crippen LogP contribution in [0.1, 0.15) is 19.3 Å². The van der Waals surface area contributed by atoms with Crippen molar-refractivity contribution in [1.82, 2.24) is 0 Å². The van der Waals surface area contributed by atoms with Crippen LogP contribution in [0.15, 0.2) is 58.3 Å². The lowest BCUT2D eigenvalue weighted by molar-refractivity contribution is 0.717. The highest BCUT2D eigenvalue weighted by Gasteiger charge is 2.21. The van der Waals surface area contributed by atoms with E-state index in [4.69, 9.17) is 0 Å². The van der Waals surface area contributed by atoms with Crippen LogP contribution >= 0.6 is 24.4 Å². The first-order valence-electron chi connectivity index (χ1n) is 7.14. The van der Waals surface area contributed by atoms with E-state index in [9.17, 15) is 0 Å². The summed E-state index contributed by atoms with van der Waals surface area (Å²) in [6.45, 7) is 1.09. The third-order valence-corrected chi connectivity index (χ3v) is 5.02. The van der Waals surface area contributed by atoms with Crippen molar-refractivity contribution >= 4 is 35.8 Å². The van der Waals surface area contributed by atoms with Crippen molar-refractivity contribution in [2.75, 3.05) is 17.2 Å². The number of rotatable bonds is 5. The smallest absolute Gasteiger partial charge is 0.0552 e. The topological polar surface area (TPSA) is 3.24 Å². The molecule has 2 aromatic rings. The minimum atomic E-state index is 0.989. The molecule has 0 aromatic heterocycles. The van der Waals surface area contributed by atoms with Crippen molar-refractivity contribution in [3.05, 3.63) is 48.5 Å². The molecule has 0 amide bonds. The lowest BCUT2D eigenvalue weighted by atomic mass is 10.2. The molecule has 1 nitrogen and oxygen atoms in total. The fourth-order valence-electron chi connectivity index (χ4n) is 2.58. The van der Waals surface area contributed by atoms with Gasteiger partial charge in [0, 0.05) is 16.3 Å². The van der Waals surface area contributed by atoms with E-state index in [0.29, 0.717) is 0 Å². The van der Waals surface area contributed by atoms with Crippen molar-refractivity contribution in [2.24, 2.45) is 0 Å². The summed E-state index contributed by atoms with van der Waals surface area (Å²) in [4.78, 5) is 5.19. The fourth-order valence-corrected chi connectivity index (χ4v) is 3.90. The SMILES string of the molecule is SCCCCCN1c2ccccc2Sc2ccccc21. The predicted octanol–water partition coefficient (Wildman–Crippen LogP) is 5.39. The van der Waals surface area contributed by atoms with Crippen molar-refractivity contribution in [3.8, 4) is 0 Å². The number of fused-ring (bicyclic) bond motifs is 2. The summed E-state index contributed by atoms with van der Waals surface area (Å²) in [6.07, 6.45) is 3.67. The second-order valence-corrected chi connectivity index (χ2v) is 6.50. The van der Waals surface area contributed by atoms with Gasteiger partial charge in [-0.1, -0.05) is 42.4 Å². The van der Waals surface area contributed by atoms with Gasteiger partial charge in [0.15, 0.2) is 0 Å². The monoisotopic (exact) mass is 301 g/mol. The van der Waals surface area contributed by atoms with E-state index >= 15 is 0 Å². The van der Waals surface area contributed by atoms with E-state index < -0.39 is 0 Å². The van der Waals surface area contributed by atoms with Crippen molar-refractivity contribution < 1.29 is 0 Å². The van der Waals surface area contributed by atoms with Crippen LogP contribution in [0, 0.1) is 0 Å². The number of hydrogen-bond donors (Lipinski definition) is 1. The molecule has 1 aliphatic rings. The van der Waals surface area contributed by atoms with Gasteiger partial charge >= 0.3 is 0 Å². The molecule has 0 bridgehead atoms. The Morgan fingerprint density at radius 3 is 2.00 bits per heavy atom. The normalized spacial score (nSPS) is 12.9. The van der Waals surface area contributed by atoms with Gasteiger partial charge < -0.3 is 4.90 Å². The van der Waals surface area contributed by atoms with Crippen LogP contribution < -0.4 is 4.90 Å². The van der Waals surface area contributed by atoms with Crippen molar-refractivity contribution in [3.63, 3.8) is 0 Å². The summed E-state index contributed by atoms with van der Waals surface area (Å²) in [5, 5.41) is 0. The van der Waals surface area contributed by atoms with Crippen molar-refractivity contribution in [2.45, 2.75) is 29.1 Å². The zero-order valence-corrected chi connectivity index (χ0v) is 13.2. The van der Waals surface area contributed by atoms with Gasteiger partial charge in [-0.25, -0.2) is 0 Å². The molecule has 1 heterocycles. The average molecular weight is 301 g/mol. The van der Waals surface area contributed by atoms with E-state index in [1.54, 1.807) is 0 Å². The van der Waals surface area contributed by atoms with Crippen LogP contribution in [0.4, 0.5) is 11.4 Å². The van der Waals surface area contributed by atoms with E-state index in [2.05, 4.69) is 66.1 Å². The number of anilines is 2. The minimum Gasteiger partial charge on any atom is -0.340 e. The fraction of sp³-hybridized carbons (Fsp3) is 0.294. The molecule has 0 unspecified atom stereocenters. The second-order valence-electron chi connectivity index (χ2n) is 4.97. The highest BCUT2D eigenvalue weighted by Crippen LogP contribution is 2.47. The molecule has 3 heteroatoms. The van der Waals surface area contributed by atoms with E-state index in [0.717, 1.165) is 12.3 Å². The predicted molar refractivity (Wildman–Crippen MR) is 91.7 cm³/mol. The summed E-state index contributed by atoms with van der Waals surface area (Å²) in [5.41, 5.74) is 2.70. The van der Waals surface area contributed by atoms with E-state index in [1.165, 1.54) is 40.4 Å². The maximum atomic E-state index is 4.29. The summed E-state index contributed by atoms with van der Waals surface area (Å²) in [5.74, 6) is 0.989. The van der Waals surface area contributed by atoms with E-state index in [1.807, 2.05) is 11.8 Å². The molecule has 2 aromatic carbocycles. The summed E-state index contributed by atoms with van der Waals surface area (Å²) in [6, 6.07) is 17.4.